The van der Waals surface area contributed by atoms with Crippen molar-refractivity contribution in [2.24, 2.45) is 5.73 Å². The van der Waals surface area contributed by atoms with Gasteiger partial charge in [-0.3, -0.25) is 9.78 Å². The number of rotatable bonds is 2. The summed E-state index contributed by atoms with van der Waals surface area (Å²) in [5.74, 6) is 4.20. The molecule has 0 radical (unpaired) electrons. The van der Waals surface area contributed by atoms with Gasteiger partial charge in [-0.25, -0.2) is 4.39 Å². The molecule has 1 heterocycles. The average molecular weight is 283 g/mol. The van der Waals surface area contributed by atoms with Crippen molar-refractivity contribution in [1.29, 1.82) is 0 Å². The third-order valence-corrected chi connectivity index (χ3v) is 2.70. The largest absolute Gasteiger partial charge is 0.322 e. The fourth-order valence-corrected chi connectivity index (χ4v) is 1.75. The minimum absolute atomic E-state index is 0.0391. The summed E-state index contributed by atoms with van der Waals surface area (Å²) >= 11 is 0. The second-order valence-corrected chi connectivity index (χ2v) is 4.34. The second kappa shape index (κ2) is 6.64. The summed E-state index contributed by atoms with van der Waals surface area (Å²) < 4.78 is 13.9. The molecule has 1 aromatic heterocycles. The van der Waals surface area contributed by atoms with Gasteiger partial charge in [0.25, 0.3) is 5.91 Å². The van der Waals surface area contributed by atoms with Gasteiger partial charge in [0.1, 0.15) is 5.82 Å². The number of carbonyl (C=O) groups excluding carboxylic acids is 1. The van der Waals surface area contributed by atoms with Gasteiger partial charge in [0.05, 0.1) is 12.1 Å². The molecule has 0 bridgehead atoms. The Morgan fingerprint density at radius 2 is 2.19 bits per heavy atom. The number of hydrogen-bond acceptors (Lipinski definition) is 3. The van der Waals surface area contributed by atoms with Gasteiger partial charge in [0, 0.05) is 23.1 Å². The molecule has 0 aliphatic carbocycles. The zero-order valence-corrected chi connectivity index (χ0v) is 11.5. The summed E-state index contributed by atoms with van der Waals surface area (Å²) in [6.07, 6.45) is 1.58. The van der Waals surface area contributed by atoms with E-state index in [9.17, 15) is 9.18 Å². The predicted octanol–water partition coefficient (Wildman–Crippen LogP) is 2.09. The molecule has 1 aromatic carbocycles. The van der Waals surface area contributed by atoms with E-state index in [2.05, 4.69) is 22.1 Å². The van der Waals surface area contributed by atoms with E-state index < -0.39 is 11.7 Å². The monoisotopic (exact) mass is 283 g/mol. The first-order valence-corrected chi connectivity index (χ1v) is 6.32. The maximum absolute atomic E-state index is 13.9. The molecular weight excluding hydrogens is 269 g/mol. The van der Waals surface area contributed by atoms with Crippen molar-refractivity contribution in [1.82, 2.24) is 4.98 Å². The molecular formula is C16H14FN3O. The highest BCUT2D eigenvalue weighted by Crippen LogP contribution is 2.14. The van der Waals surface area contributed by atoms with Crippen molar-refractivity contribution in [3.05, 3.63) is 59.2 Å². The molecule has 2 aromatic rings. The lowest BCUT2D eigenvalue weighted by Crippen LogP contribution is -2.14. The number of hydrogen-bond donors (Lipinski definition) is 2. The van der Waals surface area contributed by atoms with Gasteiger partial charge in [0.2, 0.25) is 0 Å². The van der Waals surface area contributed by atoms with Crippen LogP contribution < -0.4 is 11.1 Å². The maximum atomic E-state index is 13.9. The van der Waals surface area contributed by atoms with E-state index >= 15 is 0 Å². The summed E-state index contributed by atoms with van der Waals surface area (Å²) in [5.41, 5.74) is 7.03. The highest BCUT2D eigenvalue weighted by Gasteiger charge is 2.12. The van der Waals surface area contributed by atoms with Crippen LogP contribution in [0.5, 0.6) is 0 Å². The van der Waals surface area contributed by atoms with Crippen molar-refractivity contribution in [3.63, 3.8) is 0 Å². The molecule has 0 aliphatic rings. The average Bonchev–Trinajstić information content (AvgIpc) is 2.45. The Morgan fingerprint density at radius 1 is 1.38 bits per heavy atom. The van der Waals surface area contributed by atoms with Crippen molar-refractivity contribution in [2.75, 3.05) is 11.9 Å². The zero-order chi connectivity index (χ0) is 15.2. The van der Waals surface area contributed by atoms with Gasteiger partial charge in [-0.1, -0.05) is 11.8 Å². The number of halogens is 1. The van der Waals surface area contributed by atoms with Crippen LogP contribution in [-0.2, 0) is 0 Å². The van der Waals surface area contributed by atoms with Crippen molar-refractivity contribution in [3.8, 4) is 11.8 Å². The summed E-state index contributed by atoms with van der Waals surface area (Å²) in [5, 5.41) is 2.63. The molecule has 21 heavy (non-hydrogen) atoms. The first kappa shape index (κ1) is 14.7. The fraction of sp³-hybridized carbons (Fsp3) is 0.125. The van der Waals surface area contributed by atoms with Crippen LogP contribution >= 0.6 is 0 Å². The van der Waals surface area contributed by atoms with E-state index in [1.54, 1.807) is 31.3 Å². The Balaban J connectivity index is 2.20. The van der Waals surface area contributed by atoms with Crippen LogP contribution in [0, 0.1) is 24.6 Å². The van der Waals surface area contributed by atoms with E-state index in [0.29, 0.717) is 11.3 Å². The normalized spacial score (nSPS) is 9.67. The number of benzene rings is 1. The van der Waals surface area contributed by atoms with Crippen molar-refractivity contribution >= 4 is 11.6 Å². The predicted molar refractivity (Wildman–Crippen MR) is 79.3 cm³/mol. The molecule has 0 spiro atoms. The number of nitrogens with zero attached hydrogens (tertiary/aromatic N) is 1. The first-order chi connectivity index (χ1) is 10.1. The van der Waals surface area contributed by atoms with Gasteiger partial charge in [-0.15, -0.1) is 0 Å². The highest BCUT2D eigenvalue weighted by molar-refractivity contribution is 6.04. The van der Waals surface area contributed by atoms with Gasteiger partial charge in [0.15, 0.2) is 0 Å². The van der Waals surface area contributed by atoms with Crippen LogP contribution in [0.25, 0.3) is 0 Å². The minimum atomic E-state index is -0.623. The Morgan fingerprint density at radius 3 is 2.86 bits per heavy atom. The van der Waals surface area contributed by atoms with Gasteiger partial charge in [-0.05, 0) is 37.3 Å². The molecule has 3 N–H and O–H groups in total. The molecule has 0 saturated heterocycles. The summed E-state index contributed by atoms with van der Waals surface area (Å²) in [4.78, 5) is 16.1. The van der Waals surface area contributed by atoms with Crippen molar-refractivity contribution < 1.29 is 9.18 Å². The maximum Gasteiger partial charge on any atom is 0.258 e. The Bertz CT molecular complexity index is 732. The first-order valence-electron chi connectivity index (χ1n) is 6.32. The Hall–Kier alpha value is -2.71. The molecule has 1 amide bonds. The molecule has 5 heteroatoms. The number of aromatic nitrogens is 1. The van der Waals surface area contributed by atoms with Crippen LogP contribution in [0.2, 0.25) is 0 Å². The molecule has 106 valence electrons. The lowest BCUT2D eigenvalue weighted by atomic mass is 10.1. The molecule has 0 aliphatic heterocycles. The second-order valence-electron chi connectivity index (χ2n) is 4.34. The zero-order valence-electron chi connectivity index (χ0n) is 11.5. The van der Waals surface area contributed by atoms with Gasteiger partial charge < -0.3 is 11.1 Å². The number of carbonyl (C=O) groups is 1. The number of anilines is 1. The van der Waals surface area contributed by atoms with Gasteiger partial charge in [-0.2, -0.15) is 0 Å². The topological polar surface area (TPSA) is 68.0 Å². The summed E-state index contributed by atoms with van der Waals surface area (Å²) in [6.45, 7) is 2.01. The lowest BCUT2D eigenvalue weighted by molar-refractivity contribution is 0.102. The minimum Gasteiger partial charge on any atom is -0.322 e. The van der Waals surface area contributed by atoms with Gasteiger partial charge >= 0.3 is 0 Å². The lowest BCUT2D eigenvalue weighted by Gasteiger charge is -2.06. The number of aryl methyl sites for hydroxylation is 1. The molecule has 0 atom stereocenters. The Kier molecular flexibility index (Phi) is 4.64. The molecule has 0 fully saturated rings. The number of pyridine rings is 1. The standard InChI is InChI=1S/C16H14FN3O/c1-11-9-13(6-8-19-11)20-16(21)14-5-4-12(3-2-7-18)10-15(14)17/h4-6,8-10H,7,18H2,1H3,(H,19,20,21). The molecule has 0 unspecified atom stereocenters. The van der Waals surface area contributed by atoms with Crippen LogP contribution in [-0.4, -0.2) is 17.4 Å². The van der Waals surface area contributed by atoms with E-state index in [0.717, 1.165) is 5.69 Å². The van der Waals surface area contributed by atoms with Crippen LogP contribution in [0.4, 0.5) is 10.1 Å². The van der Waals surface area contributed by atoms with Crippen molar-refractivity contribution in [2.45, 2.75) is 6.92 Å². The number of nitrogens with two attached hydrogens (primary N) is 1. The third kappa shape index (κ3) is 3.88. The molecule has 2 rings (SSSR count). The van der Waals surface area contributed by atoms with E-state index in [4.69, 9.17) is 5.73 Å². The molecule has 0 saturated carbocycles. The van der Waals surface area contributed by atoms with E-state index in [1.165, 1.54) is 12.1 Å². The van der Waals surface area contributed by atoms with E-state index in [1.807, 2.05) is 0 Å². The number of nitrogens with one attached hydrogen (secondary N) is 1. The van der Waals surface area contributed by atoms with Crippen LogP contribution in [0.15, 0.2) is 36.5 Å². The highest BCUT2D eigenvalue weighted by atomic mass is 19.1. The van der Waals surface area contributed by atoms with Crippen LogP contribution in [0.1, 0.15) is 21.6 Å². The van der Waals surface area contributed by atoms with E-state index in [-0.39, 0.29) is 12.1 Å². The quantitative estimate of drug-likeness (QED) is 0.829. The SMILES string of the molecule is Cc1cc(NC(=O)c2ccc(C#CCN)cc2F)ccn1. The smallest absolute Gasteiger partial charge is 0.258 e. The number of amides is 1. The van der Waals surface area contributed by atoms with Crippen LogP contribution in [0.3, 0.4) is 0 Å². The summed E-state index contributed by atoms with van der Waals surface area (Å²) in [7, 11) is 0. The molecule has 4 nitrogen and oxygen atoms in total. The Labute approximate surface area is 122 Å². The third-order valence-electron chi connectivity index (χ3n) is 2.70. The summed E-state index contributed by atoms with van der Waals surface area (Å²) in [6, 6.07) is 7.55. The fourth-order valence-electron chi connectivity index (χ4n) is 1.75.